The first-order chi connectivity index (χ1) is 17.5. The molecule has 202 valence electrons. The van der Waals surface area contributed by atoms with Gasteiger partial charge in [-0.1, -0.05) is 30.3 Å². The molecule has 0 spiro atoms. The molecule has 37 heavy (non-hydrogen) atoms. The van der Waals surface area contributed by atoms with Crippen molar-refractivity contribution in [3.63, 3.8) is 0 Å². The third-order valence-electron chi connectivity index (χ3n) is 5.49. The molecule has 2 aromatic rings. The van der Waals surface area contributed by atoms with Crippen LogP contribution in [0, 0.1) is 0 Å². The van der Waals surface area contributed by atoms with Crippen LogP contribution in [0.1, 0.15) is 26.3 Å². The molecule has 11 nitrogen and oxygen atoms in total. The molecule has 3 rings (SSSR count). The van der Waals surface area contributed by atoms with E-state index >= 15 is 0 Å². The molecule has 1 unspecified atom stereocenters. The summed E-state index contributed by atoms with van der Waals surface area (Å²) in [4.78, 5) is 25.2. The molecule has 1 saturated heterocycles. The van der Waals surface area contributed by atoms with Crippen LogP contribution in [0.2, 0.25) is 0 Å². The van der Waals surface area contributed by atoms with E-state index in [0.717, 1.165) is 6.92 Å². The van der Waals surface area contributed by atoms with E-state index < -0.39 is 58.7 Å². The van der Waals surface area contributed by atoms with Gasteiger partial charge in [-0.3, -0.25) is 9.59 Å². The van der Waals surface area contributed by atoms with Crippen LogP contribution < -0.4 is 9.46 Å². The molecule has 1 heterocycles. The molecule has 0 amide bonds. The standard InChI is InChI=1S/C25H31NO10S/c1-16(28)34-23(22-20(14-27)35-25(2,3)36-22)21(24(29)33-15-17-8-6-5-7-9-17)26-37(30,31)19-12-10-18(32-4)11-13-19/h5-13,20-23,26-27H,14-15H2,1-4H3/t20-,21?,22+,23-/m0/s1. The number of carbonyl (C=O) groups excluding carboxylic acids is 2. The topological polar surface area (TPSA) is 147 Å². The normalized spacial score (nSPS) is 20.6. The lowest BCUT2D eigenvalue weighted by Gasteiger charge is -2.31. The number of methoxy groups -OCH3 is 1. The number of aliphatic hydroxyl groups is 1. The number of esters is 2. The molecule has 12 heteroatoms. The average Bonchev–Trinajstić information content (AvgIpc) is 3.19. The van der Waals surface area contributed by atoms with Crippen molar-refractivity contribution in [2.45, 2.75) is 62.4 Å². The molecule has 1 fully saturated rings. The Morgan fingerprint density at radius 1 is 1.08 bits per heavy atom. The summed E-state index contributed by atoms with van der Waals surface area (Å²) in [6.45, 7) is 3.55. The van der Waals surface area contributed by atoms with Crippen molar-refractivity contribution < 1.29 is 46.8 Å². The highest BCUT2D eigenvalue weighted by molar-refractivity contribution is 7.89. The van der Waals surface area contributed by atoms with E-state index in [1.807, 2.05) is 0 Å². The molecule has 0 aliphatic carbocycles. The number of hydrogen-bond donors (Lipinski definition) is 2. The summed E-state index contributed by atoms with van der Waals surface area (Å²) in [5, 5.41) is 9.87. The predicted octanol–water partition coefficient (Wildman–Crippen LogP) is 1.53. The Morgan fingerprint density at radius 2 is 1.73 bits per heavy atom. The monoisotopic (exact) mass is 537 g/mol. The molecule has 0 radical (unpaired) electrons. The van der Waals surface area contributed by atoms with Gasteiger partial charge in [0, 0.05) is 6.92 Å². The summed E-state index contributed by atoms with van der Waals surface area (Å²) in [5.41, 5.74) is 0.659. The first-order valence-corrected chi connectivity index (χ1v) is 12.9. The van der Waals surface area contributed by atoms with Gasteiger partial charge in [0.15, 0.2) is 17.9 Å². The number of carbonyl (C=O) groups is 2. The first kappa shape index (κ1) is 28.5. The van der Waals surface area contributed by atoms with Gasteiger partial charge in [0.1, 0.15) is 24.6 Å². The molecule has 2 aromatic carbocycles. The van der Waals surface area contributed by atoms with Crippen LogP contribution in [0.5, 0.6) is 5.75 Å². The molecule has 0 bridgehead atoms. The van der Waals surface area contributed by atoms with E-state index in [9.17, 15) is 23.1 Å². The maximum absolute atomic E-state index is 13.3. The highest BCUT2D eigenvalue weighted by Crippen LogP contribution is 2.32. The van der Waals surface area contributed by atoms with Crippen LogP contribution in [0.3, 0.4) is 0 Å². The van der Waals surface area contributed by atoms with Gasteiger partial charge in [0.05, 0.1) is 18.6 Å². The average molecular weight is 538 g/mol. The SMILES string of the molecule is COc1ccc(S(=O)(=O)NC(C(=O)OCc2ccccc2)[C@H](OC(C)=O)[C@@H]2OC(C)(C)O[C@H]2CO)cc1. The number of nitrogens with one attached hydrogen (secondary N) is 1. The highest BCUT2D eigenvalue weighted by atomic mass is 32.2. The van der Waals surface area contributed by atoms with Crippen LogP contribution in [0.15, 0.2) is 59.5 Å². The first-order valence-electron chi connectivity index (χ1n) is 11.5. The van der Waals surface area contributed by atoms with Crippen molar-refractivity contribution in [1.29, 1.82) is 0 Å². The highest BCUT2D eigenvalue weighted by Gasteiger charge is 2.51. The Labute approximate surface area is 215 Å². The molecule has 2 N–H and O–H groups in total. The summed E-state index contributed by atoms with van der Waals surface area (Å²) < 4.78 is 56.3. The predicted molar refractivity (Wildman–Crippen MR) is 130 cm³/mol. The number of ether oxygens (including phenoxy) is 5. The van der Waals surface area contributed by atoms with Crippen molar-refractivity contribution in [2.75, 3.05) is 13.7 Å². The maximum atomic E-state index is 13.3. The third-order valence-corrected chi connectivity index (χ3v) is 6.94. The van der Waals surface area contributed by atoms with Gasteiger partial charge in [0.25, 0.3) is 0 Å². The lowest BCUT2D eigenvalue weighted by Crippen LogP contribution is -2.57. The summed E-state index contributed by atoms with van der Waals surface area (Å²) in [6, 6.07) is 12.5. The van der Waals surface area contributed by atoms with Crippen LogP contribution >= 0.6 is 0 Å². The Morgan fingerprint density at radius 3 is 2.30 bits per heavy atom. The second-order valence-electron chi connectivity index (χ2n) is 8.76. The quantitative estimate of drug-likeness (QED) is 0.405. The van der Waals surface area contributed by atoms with Crippen LogP contribution in [0.4, 0.5) is 0 Å². The summed E-state index contributed by atoms with van der Waals surface area (Å²) in [5.74, 6) is -2.60. The van der Waals surface area contributed by atoms with E-state index in [4.69, 9.17) is 23.7 Å². The van der Waals surface area contributed by atoms with Gasteiger partial charge < -0.3 is 28.8 Å². The lowest BCUT2D eigenvalue weighted by molar-refractivity contribution is -0.177. The van der Waals surface area contributed by atoms with Gasteiger partial charge in [0.2, 0.25) is 10.0 Å². The molecular formula is C25H31NO10S. The van der Waals surface area contributed by atoms with Crippen molar-refractivity contribution >= 4 is 22.0 Å². The summed E-state index contributed by atoms with van der Waals surface area (Å²) in [6.07, 6.45) is -3.75. The Hall–Kier alpha value is -3.03. The molecule has 0 saturated carbocycles. The fraction of sp³-hybridized carbons (Fsp3) is 0.440. The summed E-state index contributed by atoms with van der Waals surface area (Å²) in [7, 11) is -2.89. The van der Waals surface area contributed by atoms with Crippen molar-refractivity contribution in [3.05, 3.63) is 60.2 Å². The van der Waals surface area contributed by atoms with Crippen molar-refractivity contribution in [2.24, 2.45) is 0 Å². The van der Waals surface area contributed by atoms with Gasteiger partial charge >= 0.3 is 11.9 Å². The third kappa shape index (κ3) is 7.49. The molecule has 4 atom stereocenters. The smallest absolute Gasteiger partial charge is 0.328 e. The Kier molecular flexibility index (Phi) is 9.26. The fourth-order valence-electron chi connectivity index (χ4n) is 3.86. The minimum Gasteiger partial charge on any atom is -0.497 e. The zero-order chi connectivity index (χ0) is 27.2. The van der Waals surface area contributed by atoms with Gasteiger partial charge in [-0.15, -0.1) is 0 Å². The second-order valence-corrected chi connectivity index (χ2v) is 10.5. The van der Waals surface area contributed by atoms with E-state index in [1.54, 1.807) is 44.2 Å². The summed E-state index contributed by atoms with van der Waals surface area (Å²) >= 11 is 0. The molecule has 1 aliphatic rings. The number of hydrogen-bond acceptors (Lipinski definition) is 10. The van der Waals surface area contributed by atoms with Gasteiger partial charge in [-0.25, -0.2) is 8.42 Å². The van der Waals surface area contributed by atoms with E-state index in [1.165, 1.54) is 31.4 Å². The van der Waals surface area contributed by atoms with Gasteiger partial charge in [-0.05, 0) is 43.7 Å². The van der Waals surface area contributed by atoms with Crippen molar-refractivity contribution in [1.82, 2.24) is 4.72 Å². The van der Waals surface area contributed by atoms with E-state index in [-0.39, 0.29) is 11.5 Å². The van der Waals surface area contributed by atoms with Crippen LogP contribution in [-0.2, 0) is 45.2 Å². The number of benzene rings is 2. The molecule has 0 aromatic heterocycles. The fourth-order valence-corrected chi connectivity index (χ4v) is 5.05. The van der Waals surface area contributed by atoms with Crippen LogP contribution in [-0.4, -0.2) is 69.3 Å². The maximum Gasteiger partial charge on any atom is 0.328 e. The number of rotatable bonds is 11. The zero-order valence-electron chi connectivity index (χ0n) is 20.9. The lowest BCUT2D eigenvalue weighted by atomic mass is 10.0. The molecule has 1 aliphatic heterocycles. The van der Waals surface area contributed by atoms with Crippen LogP contribution in [0.25, 0.3) is 0 Å². The number of aliphatic hydroxyl groups excluding tert-OH is 1. The van der Waals surface area contributed by atoms with E-state index in [2.05, 4.69) is 4.72 Å². The zero-order valence-corrected chi connectivity index (χ0v) is 21.8. The minimum absolute atomic E-state index is 0.163. The minimum atomic E-state index is -4.33. The Bertz CT molecular complexity index is 1170. The van der Waals surface area contributed by atoms with Gasteiger partial charge in [-0.2, -0.15) is 4.72 Å². The van der Waals surface area contributed by atoms with Crippen molar-refractivity contribution in [3.8, 4) is 5.75 Å². The molecular weight excluding hydrogens is 506 g/mol. The largest absolute Gasteiger partial charge is 0.497 e. The second kappa shape index (κ2) is 12.0. The van der Waals surface area contributed by atoms with E-state index in [0.29, 0.717) is 11.3 Å². The number of sulfonamides is 1. The Balaban J connectivity index is 1.98.